The first-order valence-corrected chi connectivity index (χ1v) is 8.07. The van der Waals surface area contributed by atoms with Crippen molar-refractivity contribution < 1.29 is 17.6 Å². The van der Waals surface area contributed by atoms with Crippen LogP contribution in [0.4, 0.5) is 5.13 Å². The molecule has 0 radical (unpaired) electrons. The normalized spacial score (nSPS) is 19.8. The summed E-state index contributed by atoms with van der Waals surface area (Å²) < 4.78 is 27.8. The number of hydrogen-bond acceptors (Lipinski definition) is 7. The number of carbonyl (C=O) groups is 1. The van der Waals surface area contributed by atoms with E-state index < -0.39 is 15.3 Å². The predicted octanol–water partition coefficient (Wildman–Crippen LogP) is 0.192. The van der Waals surface area contributed by atoms with E-state index in [0.29, 0.717) is 15.9 Å². The van der Waals surface area contributed by atoms with Gasteiger partial charge in [-0.3, -0.25) is 9.69 Å². The van der Waals surface area contributed by atoms with E-state index >= 15 is 0 Å². The van der Waals surface area contributed by atoms with Crippen LogP contribution in [-0.2, 0) is 14.8 Å². The third kappa shape index (κ3) is 2.32. The van der Waals surface area contributed by atoms with E-state index in [9.17, 15) is 13.2 Å². The Morgan fingerprint density at radius 2 is 2.25 bits per heavy atom. The average molecular weight is 314 g/mol. The number of carbonyl (C=O) groups excluding carboxylic acids is 1. The van der Waals surface area contributed by atoms with Gasteiger partial charge in [0.05, 0.1) is 6.26 Å². The molecule has 0 saturated carbocycles. The standard InChI is InChI=1S/C10H10N4O4S2/c11-20(16,17)6-4-8(15)14(5-6)10-13-12-9(19-10)7-2-1-3-18-7/h1-3,6H,4-5H2,(H2,11,16,17). The smallest absolute Gasteiger partial charge is 0.230 e. The summed E-state index contributed by atoms with van der Waals surface area (Å²) in [6, 6.07) is 3.44. The van der Waals surface area contributed by atoms with Gasteiger partial charge in [-0.2, -0.15) is 0 Å². The summed E-state index contributed by atoms with van der Waals surface area (Å²) in [7, 11) is -3.74. The van der Waals surface area contributed by atoms with Crippen LogP contribution in [0.5, 0.6) is 0 Å². The molecule has 0 aromatic carbocycles. The van der Waals surface area contributed by atoms with Crippen molar-refractivity contribution in [1.82, 2.24) is 10.2 Å². The number of amides is 1. The Balaban J connectivity index is 1.86. The minimum absolute atomic E-state index is 0.00442. The van der Waals surface area contributed by atoms with E-state index in [-0.39, 0.29) is 18.9 Å². The molecular formula is C10H10N4O4S2. The lowest BCUT2D eigenvalue weighted by atomic mass is 10.4. The molecule has 1 aliphatic heterocycles. The van der Waals surface area contributed by atoms with Gasteiger partial charge >= 0.3 is 0 Å². The maximum atomic E-state index is 11.8. The Hall–Kier alpha value is -1.78. The summed E-state index contributed by atoms with van der Waals surface area (Å²) in [6.45, 7) is 0.00442. The Kier molecular flexibility index (Phi) is 3.07. The van der Waals surface area contributed by atoms with Crippen LogP contribution in [0.1, 0.15) is 6.42 Å². The number of hydrogen-bond donors (Lipinski definition) is 1. The van der Waals surface area contributed by atoms with Crippen LogP contribution >= 0.6 is 11.3 Å². The summed E-state index contributed by atoms with van der Waals surface area (Å²) in [6.07, 6.45) is 1.38. The third-order valence-electron chi connectivity index (χ3n) is 2.93. The molecule has 0 spiro atoms. The summed E-state index contributed by atoms with van der Waals surface area (Å²) in [5.41, 5.74) is 0. The van der Waals surface area contributed by atoms with Crippen LogP contribution in [0.25, 0.3) is 10.8 Å². The molecule has 3 heterocycles. The number of rotatable bonds is 3. The maximum absolute atomic E-state index is 11.8. The number of anilines is 1. The van der Waals surface area contributed by atoms with Crippen molar-refractivity contribution in [3.05, 3.63) is 18.4 Å². The van der Waals surface area contributed by atoms with Crippen LogP contribution < -0.4 is 10.0 Å². The Labute approximate surface area is 118 Å². The lowest BCUT2D eigenvalue weighted by Gasteiger charge is -2.10. The van der Waals surface area contributed by atoms with Crippen LogP contribution in [-0.4, -0.2) is 36.3 Å². The number of primary sulfonamides is 1. The van der Waals surface area contributed by atoms with Crippen LogP contribution in [0, 0.1) is 0 Å². The van der Waals surface area contributed by atoms with Crippen molar-refractivity contribution in [2.24, 2.45) is 5.14 Å². The molecule has 1 fully saturated rings. The fourth-order valence-electron chi connectivity index (χ4n) is 1.90. The zero-order valence-corrected chi connectivity index (χ0v) is 11.7. The first-order chi connectivity index (χ1) is 9.45. The number of aromatic nitrogens is 2. The Morgan fingerprint density at radius 3 is 2.85 bits per heavy atom. The summed E-state index contributed by atoms with van der Waals surface area (Å²) >= 11 is 1.16. The third-order valence-corrected chi connectivity index (χ3v) is 5.14. The molecule has 1 amide bonds. The molecule has 3 rings (SSSR count). The van der Waals surface area contributed by atoms with E-state index in [1.807, 2.05) is 0 Å². The van der Waals surface area contributed by atoms with Crippen LogP contribution in [0.2, 0.25) is 0 Å². The van der Waals surface area contributed by atoms with Gasteiger partial charge in [-0.05, 0) is 12.1 Å². The highest BCUT2D eigenvalue weighted by Gasteiger charge is 2.38. The fraction of sp³-hybridized carbons (Fsp3) is 0.300. The molecule has 106 valence electrons. The first-order valence-electron chi connectivity index (χ1n) is 5.64. The number of nitrogens with zero attached hydrogens (tertiary/aromatic N) is 3. The van der Waals surface area contributed by atoms with Crippen molar-refractivity contribution in [2.75, 3.05) is 11.4 Å². The van der Waals surface area contributed by atoms with Crippen LogP contribution in [0.3, 0.4) is 0 Å². The summed E-state index contributed by atoms with van der Waals surface area (Å²) in [4.78, 5) is 13.1. The van der Waals surface area contributed by atoms with Crippen molar-refractivity contribution >= 4 is 32.4 Å². The molecule has 1 atom stereocenters. The molecule has 1 aliphatic rings. The highest BCUT2D eigenvalue weighted by atomic mass is 32.2. The van der Waals surface area contributed by atoms with E-state index in [2.05, 4.69) is 10.2 Å². The van der Waals surface area contributed by atoms with E-state index in [4.69, 9.17) is 9.56 Å². The second kappa shape index (κ2) is 4.65. The fourth-order valence-corrected chi connectivity index (χ4v) is 3.48. The van der Waals surface area contributed by atoms with Crippen molar-refractivity contribution in [3.8, 4) is 10.8 Å². The summed E-state index contributed by atoms with van der Waals surface area (Å²) in [5.74, 6) is 0.217. The zero-order chi connectivity index (χ0) is 14.3. The SMILES string of the molecule is NS(=O)(=O)C1CC(=O)N(c2nnc(-c3ccco3)s2)C1. The molecule has 2 N–H and O–H groups in total. The van der Waals surface area contributed by atoms with Crippen molar-refractivity contribution in [2.45, 2.75) is 11.7 Å². The maximum Gasteiger partial charge on any atom is 0.230 e. The second-order valence-electron chi connectivity index (χ2n) is 4.29. The topological polar surface area (TPSA) is 119 Å². The predicted molar refractivity (Wildman–Crippen MR) is 71.5 cm³/mol. The van der Waals surface area contributed by atoms with Crippen molar-refractivity contribution in [3.63, 3.8) is 0 Å². The molecule has 8 nitrogen and oxygen atoms in total. The average Bonchev–Trinajstić information content (AvgIpc) is 3.06. The molecule has 10 heteroatoms. The summed E-state index contributed by atoms with van der Waals surface area (Å²) in [5, 5.41) is 12.9. The van der Waals surface area contributed by atoms with Crippen LogP contribution in [0.15, 0.2) is 22.8 Å². The van der Waals surface area contributed by atoms with E-state index in [1.165, 1.54) is 11.2 Å². The lowest BCUT2D eigenvalue weighted by molar-refractivity contribution is -0.117. The molecule has 0 aliphatic carbocycles. The van der Waals surface area contributed by atoms with Gasteiger partial charge in [-0.1, -0.05) is 11.3 Å². The molecule has 2 aromatic heterocycles. The van der Waals surface area contributed by atoms with Gasteiger partial charge in [0, 0.05) is 13.0 Å². The first kappa shape index (κ1) is 13.2. The number of sulfonamides is 1. The highest BCUT2D eigenvalue weighted by Crippen LogP contribution is 2.31. The molecule has 1 saturated heterocycles. The molecule has 2 aromatic rings. The lowest BCUT2D eigenvalue weighted by Crippen LogP contribution is -2.32. The zero-order valence-electron chi connectivity index (χ0n) is 10.1. The number of furan rings is 1. The minimum Gasteiger partial charge on any atom is -0.462 e. The van der Waals surface area contributed by atoms with Gasteiger partial charge in [0.15, 0.2) is 10.8 Å². The van der Waals surface area contributed by atoms with Crippen molar-refractivity contribution in [1.29, 1.82) is 0 Å². The molecule has 0 bridgehead atoms. The molecule has 20 heavy (non-hydrogen) atoms. The minimum atomic E-state index is -3.74. The van der Waals surface area contributed by atoms with Gasteiger partial charge in [0.2, 0.25) is 21.1 Å². The highest BCUT2D eigenvalue weighted by molar-refractivity contribution is 7.89. The van der Waals surface area contributed by atoms with Gasteiger partial charge in [0.1, 0.15) is 5.25 Å². The van der Waals surface area contributed by atoms with Gasteiger partial charge in [-0.25, -0.2) is 13.6 Å². The Morgan fingerprint density at radius 1 is 1.45 bits per heavy atom. The monoisotopic (exact) mass is 314 g/mol. The van der Waals surface area contributed by atoms with E-state index in [0.717, 1.165) is 11.3 Å². The Bertz CT molecular complexity index is 737. The molecule has 1 unspecified atom stereocenters. The quantitative estimate of drug-likeness (QED) is 0.863. The number of nitrogens with two attached hydrogens (primary N) is 1. The largest absolute Gasteiger partial charge is 0.462 e. The van der Waals surface area contributed by atoms with Gasteiger partial charge < -0.3 is 4.42 Å². The second-order valence-corrected chi connectivity index (χ2v) is 7.09. The molecular weight excluding hydrogens is 304 g/mol. The van der Waals surface area contributed by atoms with E-state index in [1.54, 1.807) is 12.1 Å². The van der Waals surface area contributed by atoms with Gasteiger partial charge in [-0.15, -0.1) is 10.2 Å². The van der Waals surface area contributed by atoms with Gasteiger partial charge in [0.25, 0.3) is 0 Å².